The summed E-state index contributed by atoms with van der Waals surface area (Å²) in [4.78, 5) is 11.0. The van der Waals surface area contributed by atoms with Crippen LogP contribution >= 0.6 is 11.6 Å². The minimum Gasteiger partial charge on any atom is -0.489 e. The largest absolute Gasteiger partial charge is 0.489 e. The molecule has 0 bridgehead atoms. The Bertz CT molecular complexity index is 606. The highest BCUT2D eigenvalue weighted by Crippen LogP contribution is 2.23. The number of halogens is 1. The van der Waals surface area contributed by atoms with Crippen LogP contribution in [0.1, 0.15) is 28.4 Å². The van der Waals surface area contributed by atoms with E-state index >= 15 is 0 Å². The van der Waals surface area contributed by atoms with Gasteiger partial charge in [-0.3, -0.25) is 0 Å². The summed E-state index contributed by atoms with van der Waals surface area (Å²) in [5, 5.41) is 9.20. The Labute approximate surface area is 122 Å². The van der Waals surface area contributed by atoms with Gasteiger partial charge in [-0.2, -0.15) is 0 Å². The van der Waals surface area contributed by atoms with E-state index in [4.69, 9.17) is 21.4 Å². The van der Waals surface area contributed by atoms with Gasteiger partial charge in [0.15, 0.2) is 0 Å². The zero-order valence-electron chi connectivity index (χ0n) is 11.1. The molecule has 0 aliphatic carbocycles. The van der Waals surface area contributed by atoms with Gasteiger partial charge in [-0.25, -0.2) is 4.79 Å². The quantitative estimate of drug-likeness (QED) is 0.898. The highest BCUT2D eigenvalue weighted by atomic mass is 35.5. The lowest BCUT2D eigenvalue weighted by molar-refractivity contribution is 0.0696. The van der Waals surface area contributed by atoms with Gasteiger partial charge in [-0.05, 0) is 35.7 Å². The topological polar surface area (TPSA) is 46.5 Å². The van der Waals surface area contributed by atoms with E-state index < -0.39 is 5.97 Å². The summed E-state index contributed by atoms with van der Waals surface area (Å²) in [6, 6.07) is 12.8. The minimum atomic E-state index is -1.06. The van der Waals surface area contributed by atoms with Crippen LogP contribution in [0.5, 0.6) is 5.75 Å². The molecule has 0 atom stereocenters. The molecule has 0 amide bonds. The molecule has 0 saturated carbocycles. The zero-order chi connectivity index (χ0) is 14.5. The van der Waals surface area contributed by atoms with Crippen LogP contribution in [0.4, 0.5) is 0 Å². The van der Waals surface area contributed by atoms with Crippen LogP contribution in [0.3, 0.4) is 0 Å². The van der Waals surface area contributed by atoms with E-state index in [-0.39, 0.29) is 10.6 Å². The molecule has 4 heteroatoms. The molecule has 0 unspecified atom stereocenters. The monoisotopic (exact) mass is 290 g/mol. The molecule has 2 aromatic carbocycles. The number of rotatable bonds is 5. The Morgan fingerprint density at radius 1 is 1.15 bits per heavy atom. The Morgan fingerprint density at radius 2 is 1.80 bits per heavy atom. The van der Waals surface area contributed by atoms with Crippen LogP contribution in [0.2, 0.25) is 5.02 Å². The first-order valence-corrected chi connectivity index (χ1v) is 6.71. The summed E-state index contributed by atoms with van der Waals surface area (Å²) in [6.45, 7) is 2.50. The third-order valence-electron chi connectivity index (χ3n) is 3.00. The van der Waals surface area contributed by atoms with Crippen molar-refractivity contribution in [2.45, 2.75) is 20.0 Å². The predicted octanol–water partition coefficient (Wildman–Crippen LogP) is 4.18. The van der Waals surface area contributed by atoms with E-state index in [0.717, 1.165) is 12.0 Å². The fourth-order valence-corrected chi connectivity index (χ4v) is 1.99. The number of aromatic carboxylic acids is 1. The first-order chi connectivity index (χ1) is 9.60. The Balaban J connectivity index is 2.06. The molecule has 0 heterocycles. The van der Waals surface area contributed by atoms with Gasteiger partial charge in [0.05, 0.1) is 10.6 Å². The van der Waals surface area contributed by atoms with Crippen molar-refractivity contribution in [2.75, 3.05) is 0 Å². The highest BCUT2D eigenvalue weighted by molar-refractivity contribution is 6.33. The molecule has 0 aliphatic heterocycles. The lowest BCUT2D eigenvalue weighted by Gasteiger charge is -2.08. The maximum Gasteiger partial charge on any atom is 0.337 e. The van der Waals surface area contributed by atoms with Crippen LogP contribution in [0.15, 0.2) is 42.5 Å². The van der Waals surface area contributed by atoms with E-state index in [0.29, 0.717) is 12.4 Å². The summed E-state index contributed by atoms with van der Waals surface area (Å²) in [5.74, 6) is -0.570. The molecule has 2 rings (SSSR count). The maximum absolute atomic E-state index is 11.0. The summed E-state index contributed by atoms with van der Waals surface area (Å²) < 4.78 is 5.59. The van der Waals surface area contributed by atoms with Crippen molar-refractivity contribution < 1.29 is 14.6 Å². The molecule has 1 N–H and O–H groups in total. The van der Waals surface area contributed by atoms with Crippen molar-refractivity contribution in [3.8, 4) is 5.75 Å². The summed E-state index contributed by atoms with van der Waals surface area (Å²) in [6.07, 6.45) is 1.00. The zero-order valence-corrected chi connectivity index (χ0v) is 11.9. The van der Waals surface area contributed by atoms with Crippen molar-refractivity contribution in [3.63, 3.8) is 0 Å². The number of hydrogen-bond donors (Lipinski definition) is 1. The lowest BCUT2D eigenvalue weighted by atomic mass is 10.1. The summed E-state index contributed by atoms with van der Waals surface area (Å²) in [7, 11) is 0. The number of carboxylic acid groups (broad SMARTS) is 1. The van der Waals surface area contributed by atoms with Crippen molar-refractivity contribution in [1.29, 1.82) is 0 Å². The van der Waals surface area contributed by atoms with Gasteiger partial charge < -0.3 is 9.84 Å². The van der Waals surface area contributed by atoms with Crippen molar-refractivity contribution in [2.24, 2.45) is 0 Å². The van der Waals surface area contributed by atoms with Crippen LogP contribution in [0.25, 0.3) is 0 Å². The molecule has 0 radical (unpaired) electrons. The Morgan fingerprint density at radius 3 is 2.40 bits per heavy atom. The number of carboxylic acids is 1. The third-order valence-corrected chi connectivity index (χ3v) is 3.33. The van der Waals surface area contributed by atoms with E-state index in [1.54, 1.807) is 6.07 Å². The normalized spacial score (nSPS) is 10.3. The van der Waals surface area contributed by atoms with Gasteiger partial charge in [0, 0.05) is 0 Å². The summed E-state index contributed by atoms with van der Waals surface area (Å²) in [5.41, 5.74) is 2.35. The molecule has 2 aromatic rings. The molecule has 0 aromatic heterocycles. The minimum absolute atomic E-state index is 0.0468. The van der Waals surface area contributed by atoms with Gasteiger partial charge in [-0.1, -0.05) is 42.8 Å². The molecule has 0 aliphatic rings. The van der Waals surface area contributed by atoms with Gasteiger partial charge >= 0.3 is 5.97 Å². The highest BCUT2D eigenvalue weighted by Gasteiger charge is 2.09. The number of hydrogen-bond acceptors (Lipinski definition) is 2. The number of benzene rings is 2. The fraction of sp³-hybridized carbons (Fsp3) is 0.188. The molecule has 104 valence electrons. The van der Waals surface area contributed by atoms with E-state index in [1.807, 2.05) is 12.1 Å². The van der Waals surface area contributed by atoms with Crippen molar-refractivity contribution >= 4 is 17.6 Å². The van der Waals surface area contributed by atoms with Gasteiger partial charge in [-0.15, -0.1) is 0 Å². The van der Waals surface area contributed by atoms with E-state index in [2.05, 4.69) is 19.1 Å². The molecule has 0 spiro atoms. The van der Waals surface area contributed by atoms with E-state index in [1.165, 1.54) is 17.7 Å². The Hall–Kier alpha value is -2.00. The Kier molecular flexibility index (Phi) is 4.64. The molecule has 20 heavy (non-hydrogen) atoms. The third kappa shape index (κ3) is 3.52. The molecular weight excluding hydrogens is 276 g/mol. The number of ether oxygens (including phenoxy) is 1. The average molecular weight is 291 g/mol. The first kappa shape index (κ1) is 14.4. The first-order valence-electron chi connectivity index (χ1n) is 6.33. The van der Waals surface area contributed by atoms with Crippen LogP contribution in [0, 0.1) is 0 Å². The summed E-state index contributed by atoms with van der Waals surface area (Å²) >= 11 is 5.81. The second kappa shape index (κ2) is 6.44. The SMILES string of the molecule is CCc1ccc(COc2ccc(Cl)c(C(=O)O)c2)cc1. The van der Waals surface area contributed by atoms with Gasteiger partial charge in [0.2, 0.25) is 0 Å². The lowest BCUT2D eigenvalue weighted by Crippen LogP contribution is -2.00. The molecular formula is C16H15ClO3. The smallest absolute Gasteiger partial charge is 0.337 e. The van der Waals surface area contributed by atoms with Crippen molar-refractivity contribution in [1.82, 2.24) is 0 Å². The standard InChI is InChI=1S/C16H15ClO3/c1-2-11-3-5-12(6-4-11)10-20-13-7-8-15(17)14(9-13)16(18)19/h3-9H,2,10H2,1H3,(H,18,19). The second-order valence-corrected chi connectivity index (χ2v) is 4.81. The van der Waals surface area contributed by atoms with Crippen LogP contribution in [-0.4, -0.2) is 11.1 Å². The fourth-order valence-electron chi connectivity index (χ4n) is 1.80. The van der Waals surface area contributed by atoms with Crippen LogP contribution in [-0.2, 0) is 13.0 Å². The predicted molar refractivity (Wildman–Crippen MR) is 78.6 cm³/mol. The average Bonchev–Trinajstić information content (AvgIpc) is 2.46. The molecule has 0 saturated heterocycles. The second-order valence-electron chi connectivity index (χ2n) is 4.41. The number of carbonyl (C=O) groups is 1. The van der Waals surface area contributed by atoms with Gasteiger partial charge in [0.1, 0.15) is 12.4 Å². The maximum atomic E-state index is 11.0. The van der Waals surface area contributed by atoms with Crippen molar-refractivity contribution in [3.05, 3.63) is 64.2 Å². The molecule has 3 nitrogen and oxygen atoms in total. The van der Waals surface area contributed by atoms with Crippen LogP contribution < -0.4 is 4.74 Å². The number of aryl methyl sites for hydroxylation is 1. The van der Waals surface area contributed by atoms with E-state index in [9.17, 15) is 4.79 Å². The van der Waals surface area contributed by atoms with Gasteiger partial charge in [0.25, 0.3) is 0 Å². The molecule has 0 fully saturated rings.